The van der Waals surface area contributed by atoms with Gasteiger partial charge in [0.1, 0.15) is 11.1 Å². The van der Waals surface area contributed by atoms with Crippen LogP contribution in [0.25, 0.3) is 11.0 Å². The fraction of sp³-hybridized carbons (Fsp3) is 0.450. The number of H-pyrrole nitrogens is 1. The number of ether oxygens (including phenoxy) is 1. The molecule has 1 aromatic carbocycles. The van der Waals surface area contributed by atoms with Crippen LogP contribution in [0.4, 0.5) is 5.95 Å². The van der Waals surface area contributed by atoms with E-state index in [0.29, 0.717) is 29.4 Å². The quantitative estimate of drug-likeness (QED) is 0.695. The van der Waals surface area contributed by atoms with Gasteiger partial charge >= 0.3 is 0 Å². The van der Waals surface area contributed by atoms with Gasteiger partial charge in [0, 0.05) is 6.54 Å². The van der Waals surface area contributed by atoms with E-state index in [-0.39, 0.29) is 11.1 Å². The number of fused-ring (bicyclic) bond motifs is 1. The molecule has 7 nitrogen and oxygen atoms in total. The SMILES string of the molecule is COc1ccc(C(C)CCNc2nc3c(cnn3C(C)(C)C)c(=O)[nH]2)cc1. The third kappa shape index (κ3) is 4.13. The standard InChI is InChI=1S/C20H27N5O2/c1-13(14-6-8-15(27-5)9-7-14)10-11-21-19-23-17-16(18(26)24-19)12-22-25(17)20(2,3)4/h6-9,12-13H,10-11H2,1-5H3,(H2,21,23,24,26). The van der Waals surface area contributed by atoms with Crippen LogP contribution in [0, 0.1) is 0 Å². The van der Waals surface area contributed by atoms with Crippen LogP contribution in [0.1, 0.15) is 45.6 Å². The Morgan fingerprint density at radius 2 is 1.96 bits per heavy atom. The van der Waals surface area contributed by atoms with Crippen molar-refractivity contribution < 1.29 is 4.74 Å². The van der Waals surface area contributed by atoms with Gasteiger partial charge in [-0.2, -0.15) is 10.1 Å². The molecule has 0 saturated heterocycles. The number of nitrogens with one attached hydrogen (secondary N) is 2. The zero-order valence-corrected chi connectivity index (χ0v) is 16.5. The molecule has 27 heavy (non-hydrogen) atoms. The van der Waals surface area contributed by atoms with E-state index in [1.54, 1.807) is 18.0 Å². The van der Waals surface area contributed by atoms with Crippen molar-refractivity contribution in [3.63, 3.8) is 0 Å². The van der Waals surface area contributed by atoms with Crippen LogP contribution >= 0.6 is 0 Å². The molecule has 3 aromatic rings. The topological polar surface area (TPSA) is 84.8 Å². The second kappa shape index (κ2) is 7.42. The molecule has 1 unspecified atom stereocenters. The smallest absolute Gasteiger partial charge is 0.263 e. The average molecular weight is 369 g/mol. The highest BCUT2D eigenvalue weighted by molar-refractivity contribution is 5.74. The first-order valence-electron chi connectivity index (χ1n) is 9.16. The summed E-state index contributed by atoms with van der Waals surface area (Å²) in [6, 6.07) is 8.11. The summed E-state index contributed by atoms with van der Waals surface area (Å²) < 4.78 is 6.98. The van der Waals surface area contributed by atoms with Crippen molar-refractivity contribution in [2.45, 2.75) is 45.6 Å². The highest BCUT2D eigenvalue weighted by atomic mass is 16.5. The van der Waals surface area contributed by atoms with Crippen molar-refractivity contribution in [2.24, 2.45) is 0 Å². The number of hydrogen-bond donors (Lipinski definition) is 2. The summed E-state index contributed by atoms with van der Waals surface area (Å²) in [5.74, 6) is 1.70. The number of aromatic nitrogens is 4. The number of benzene rings is 1. The summed E-state index contributed by atoms with van der Waals surface area (Å²) in [6.45, 7) is 8.98. The van der Waals surface area contributed by atoms with Crippen molar-refractivity contribution in [2.75, 3.05) is 19.0 Å². The fourth-order valence-corrected chi connectivity index (χ4v) is 3.00. The molecule has 2 heterocycles. The van der Waals surface area contributed by atoms with E-state index in [4.69, 9.17) is 4.74 Å². The molecule has 144 valence electrons. The lowest BCUT2D eigenvalue weighted by Gasteiger charge is -2.19. The van der Waals surface area contributed by atoms with Gasteiger partial charge in [0.05, 0.1) is 18.8 Å². The first kappa shape index (κ1) is 18.9. The minimum atomic E-state index is -0.247. The van der Waals surface area contributed by atoms with Gasteiger partial charge in [0.25, 0.3) is 5.56 Å². The maximum absolute atomic E-state index is 12.3. The highest BCUT2D eigenvalue weighted by Gasteiger charge is 2.19. The zero-order valence-electron chi connectivity index (χ0n) is 16.5. The molecule has 0 saturated carbocycles. The summed E-state index contributed by atoms with van der Waals surface area (Å²) in [5, 5.41) is 8.07. The van der Waals surface area contributed by atoms with Crippen LogP contribution in [0.3, 0.4) is 0 Å². The van der Waals surface area contributed by atoms with Crippen LogP contribution in [-0.2, 0) is 5.54 Å². The fourth-order valence-electron chi connectivity index (χ4n) is 3.00. The van der Waals surface area contributed by atoms with E-state index in [0.717, 1.165) is 12.2 Å². The molecule has 0 amide bonds. The Balaban J connectivity index is 1.70. The summed E-state index contributed by atoms with van der Waals surface area (Å²) in [5.41, 5.74) is 1.42. The Bertz CT molecular complexity index is 967. The Morgan fingerprint density at radius 3 is 2.59 bits per heavy atom. The predicted molar refractivity (Wildman–Crippen MR) is 108 cm³/mol. The van der Waals surface area contributed by atoms with Crippen molar-refractivity contribution >= 4 is 17.0 Å². The van der Waals surface area contributed by atoms with Crippen molar-refractivity contribution in [3.8, 4) is 5.75 Å². The van der Waals surface area contributed by atoms with Gasteiger partial charge in [-0.3, -0.25) is 9.78 Å². The van der Waals surface area contributed by atoms with Crippen LogP contribution in [0.2, 0.25) is 0 Å². The maximum atomic E-state index is 12.3. The minimum Gasteiger partial charge on any atom is -0.497 e. The van der Waals surface area contributed by atoms with E-state index in [1.165, 1.54) is 5.56 Å². The summed E-state index contributed by atoms with van der Waals surface area (Å²) in [7, 11) is 1.67. The monoisotopic (exact) mass is 369 g/mol. The first-order valence-corrected chi connectivity index (χ1v) is 9.16. The van der Waals surface area contributed by atoms with Gasteiger partial charge in [-0.1, -0.05) is 19.1 Å². The van der Waals surface area contributed by atoms with Gasteiger partial charge in [0.2, 0.25) is 5.95 Å². The maximum Gasteiger partial charge on any atom is 0.263 e. The van der Waals surface area contributed by atoms with Gasteiger partial charge < -0.3 is 10.1 Å². The molecule has 0 fully saturated rings. The number of methoxy groups -OCH3 is 1. The molecule has 2 aromatic heterocycles. The lowest BCUT2D eigenvalue weighted by atomic mass is 9.98. The van der Waals surface area contributed by atoms with Crippen LogP contribution < -0.4 is 15.6 Å². The highest BCUT2D eigenvalue weighted by Crippen LogP contribution is 2.22. The van der Waals surface area contributed by atoms with Crippen molar-refractivity contribution in [1.82, 2.24) is 19.7 Å². The van der Waals surface area contributed by atoms with E-state index < -0.39 is 0 Å². The van der Waals surface area contributed by atoms with Crippen molar-refractivity contribution in [3.05, 3.63) is 46.4 Å². The minimum absolute atomic E-state index is 0.179. The molecule has 0 aliphatic heterocycles. The lowest BCUT2D eigenvalue weighted by Crippen LogP contribution is -2.24. The third-order valence-electron chi connectivity index (χ3n) is 4.63. The van der Waals surface area contributed by atoms with Gasteiger partial charge in [-0.05, 0) is 50.8 Å². The van der Waals surface area contributed by atoms with E-state index in [1.807, 2.05) is 32.9 Å². The molecule has 2 N–H and O–H groups in total. The van der Waals surface area contributed by atoms with Crippen LogP contribution in [-0.4, -0.2) is 33.4 Å². The first-order chi connectivity index (χ1) is 12.8. The molecule has 3 rings (SSSR count). The molecular formula is C20H27N5O2. The molecule has 0 aliphatic carbocycles. The zero-order chi connectivity index (χ0) is 19.6. The number of hydrogen-bond acceptors (Lipinski definition) is 5. The predicted octanol–water partition coefficient (Wildman–Crippen LogP) is 3.49. The van der Waals surface area contributed by atoms with Gasteiger partial charge in [0.15, 0.2) is 5.65 Å². The van der Waals surface area contributed by atoms with Crippen LogP contribution in [0.15, 0.2) is 35.3 Å². The normalized spacial score (nSPS) is 12.9. The molecule has 0 aliphatic rings. The number of aromatic amines is 1. The largest absolute Gasteiger partial charge is 0.497 e. The van der Waals surface area contributed by atoms with Crippen LogP contribution in [0.5, 0.6) is 5.75 Å². The Morgan fingerprint density at radius 1 is 1.26 bits per heavy atom. The van der Waals surface area contributed by atoms with E-state index >= 15 is 0 Å². The number of nitrogens with zero attached hydrogens (tertiary/aromatic N) is 3. The molecule has 0 spiro atoms. The second-order valence-electron chi connectivity index (χ2n) is 7.77. The van der Waals surface area contributed by atoms with E-state index in [2.05, 4.69) is 39.4 Å². The molecular weight excluding hydrogens is 342 g/mol. The van der Waals surface area contributed by atoms with Gasteiger partial charge in [-0.25, -0.2) is 4.68 Å². The second-order valence-corrected chi connectivity index (χ2v) is 7.77. The summed E-state index contributed by atoms with van der Waals surface area (Å²) in [4.78, 5) is 19.7. The molecule has 0 radical (unpaired) electrons. The number of rotatable bonds is 6. The Labute approximate surface area is 158 Å². The average Bonchev–Trinajstić information content (AvgIpc) is 3.06. The summed E-state index contributed by atoms with van der Waals surface area (Å²) in [6.07, 6.45) is 2.48. The number of anilines is 1. The third-order valence-corrected chi connectivity index (χ3v) is 4.63. The lowest BCUT2D eigenvalue weighted by molar-refractivity contribution is 0.366. The molecule has 7 heteroatoms. The van der Waals surface area contributed by atoms with Crippen molar-refractivity contribution in [1.29, 1.82) is 0 Å². The summed E-state index contributed by atoms with van der Waals surface area (Å²) >= 11 is 0. The molecule has 0 bridgehead atoms. The molecule has 1 atom stereocenters. The Kier molecular flexibility index (Phi) is 5.21. The van der Waals surface area contributed by atoms with Gasteiger partial charge in [-0.15, -0.1) is 0 Å². The van der Waals surface area contributed by atoms with E-state index in [9.17, 15) is 4.79 Å². The Hall–Kier alpha value is -2.83.